The van der Waals surface area contributed by atoms with Crippen LogP contribution >= 0.6 is 11.5 Å². The normalized spacial score (nSPS) is 15.9. The Balaban J connectivity index is 1.94. The van der Waals surface area contributed by atoms with Crippen molar-refractivity contribution in [2.45, 2.75) is 64.5 Å². The predicted molar refractivity (Wildman–Crippen MR) is 84.2 cm³/mol. The Morgan fingerprint density at radius 1 is 1.50 bits per heavy atom. The van der Waals surface area contributed by atoms with Crippen molar-refractivity contribution in [3.05, 3.63) is 5.56 Å². The quantitative estimate of drug-likeness (QED) is 0.644. The molecule has 1 atom stereocenters. The van der Waals surface area contributed by atoms with Crippen molar-refractivity contribution in [3.63, 3.8) is 0 Å². The number of aromatic nitrogens is 1. The fraction of sp³-hybridized carbons (Fsp3) is 0.714. The molecule has 0 aliphatic heterocycles. The van der Waals surface area contributed by atoms with Gasteiger partial charge in [-0.3, -0.25) is 4.79 Å². The lowest BCUT2D eigenvalue weighted by Gasteiger charge is -2.14. The van der Waals surface area contributed by atoms with Gasteiger partial charge in [-0.2, -0.15) is 4.37 Å². The van der Waals surface area contributed by atoms with Gasteiger partial charge in [0.1, 0.15) is 10.6 Å². The second kappa shape index (κ2) is 6.92. The van der Waals surface area contributed by atoms with Crippen LogP contribution in [0.1, 0.15) is 62.7 Å². The molecule has 1 heterocycles. The Morgan fingerprint density at radius 2 is 2.25 bits per heavy atom. The van der Waals surface area contributed by atoms with Gasteiger partial charge in [0.15, 0.2) is 5.82 Å². The number of carbonyl (C=O) groups excluding carboxylic acids is 1. The molecule has 1 aliphatic rings. The number of unbranched alkanes of at least 4 members (excludes halogenated alkanes) is 2. The third-order valence-electron chi connectivity index (χ3n) is 3.48. The van der Waals surface area contributed by atoms with Crippen LogP contribution in [0.2, 0.25) is 0 Å². The highest BCUT2D eigenvalue weighted by atomic mass is 32.1. The molecule has 0 aromatic carbocycles. The summed E-state index contributed by atoms with van der Waals surface area (Å²) in [4.78, 5) is 12.2. The summed E-state index contributed by atoms with van der Waals surface area (Å²) < 4.78 is 4.11. The maximum absolute atomic E-state index is 12.2. The fourth-order valence-corrected chi connectivity index (χ4v) is 2.93. The number of carbonyl (C=O) groups is 1. The molecule has 1 unspecified atom stereocenters. The summed E-state index contributed by atoms with van der Waals surface area (Å²) >= 11 is 1.27. The number of rotatable bonds is 8. The van der Waals surface area contributed by atoms with Gasteiger partial charge < -0.3 is 16.4 Å². The van der Waals surface area contributed by atoms with Gasteiger partial charge in [0.05, 0.1) is 0 Å². The zero-order chi connectivity index (χ0) is 14.5. The van der Waals surface area contributed by atoms with Crippen molar-refractivity contribution in [2.24, 2.45) is 0 Å². The minimum Gasteiger partial charge on any atom is -0.382 e. The Labute approximate surface area is 124 Å². The molecule has 0 spiro atoms. The molecule has 0 saturated heterocycles. The number of nitrogens with two attached hydrogens (primary N) is 1. The zero-order valence-electron chi connectivity index (χ0n) is 12.2. The van der Waals surface area contributed by atoms with Gasteiger partial charge in [0.25, 0.3) is 5.91 Å². The molecular formula is C14H24N4OS. The summed E-state index contributed by atoms with van der Waals surface area (Å²) in [6.45, 7) is 4.33. The molecule has 5 nitrogen and oxygen atoms in total. The largest absolute Gasteiger partial charge is 0.382 e. The standard InChI is InChI=1S/C14H24N4OS/c1-3-4-5-6-9(2)16-14-11(12(15)18-20-14)13(19)17-10-7-8-10/h9-10,16H,3-8H2,1-2H3,(H2,15,18)(H,17,19). The minimum absolute atomic E-state index is 0.0954. The molecule has 6 heteroatoms. The van der Waals surface area contributed by atoms with Crippen LogP contribution in [0, 0.1) is 0 Å². The molecule has 20 heavy (non-hydrogen) atoms. The Hall–Kier alpha value is -1.30. The van der Waals surface area contributed by atoms with Crippen molar-refractivity contribution in [3.8, 4) is 0 Å². The van der Waals surface area contributed by atoms with E-state index in [1.807, 2.05) is 0 Å². The topological polar surface area (TPSA) is 80.0 Å². The molecule has 0 bridgehead atoms. The number of amides is 1. The number of hydrogen-bond acceptors (Lipinski definition) is 5. The van der Waals surface area contributed by atoms with E-state index in [-0.39, 0.29) is 5.91 Å². The summed E-state index contributed by atoms with van der Waals surface area (Å²) in [5.74, 6) is 0.235. The van der Waals surface area contributed by atoms with Gasteiger partial charge in [-0.25, -0.2) is 0 Å². The van der Waals surface area contributed by atoms with Crippen LogP contribution < -0.4 is 16.4 Å². The lowest BCUT2D eigenvalue weighted by Crippen LogP contribution is -2.27. The maximum atomic E-state index is 12.2. The number of nitrogen functional groups attached to an aromatic ring is 1. The highest BCUT2D eigenvalue weighted by molar-refractivity contribution is 7.11. The average molecular weight is 296 g/mol. The van der Waals surface area contributed by atoms with E-state index < -0.39 is 0 Å². The molecule has 1 saturated carbocycles. The number of hydrogen-bond donors (Lipinski definition) is 3. The van der Waals surface area contributed by atoms with E-state index in [4.69, 9.17) is 5.73 Å². The van der Waals surface area contributed by atoms with Crippen molar-refractivity contribution < 1.29 is 4.79 Å². The molecule has 1 amide bonds. The number of nitrogens with one attached hydrogen (secondary N) is 2. The van der Waals surface area contributed by atoms with Gasteiger partial charge in [-0.1, -0.05) is 26.2 Å². The predicted octanol–water partition coefficient (Wildman–Crippen LogP) is 3.00. The first-order valence-corrected chi connectivity index (χ1v) is 8.21. The van der Waals surface area contributed by atoms with Crippen molar-refractivity contribution in [2.75, 3.05) is 11.1 Å². The summed E-state index contributed by atoms with van der Waals surface area (Å²) in [5, 5.41) is 7.15. The average Bonchev–Trinajstić information content (AvgIpc) is 3.13. The smallest absolute Gasteiger partial charge is 0.258 e. The Kier molecular flexibility index (Phi) is 5.23. The highest BCUT2D eigenvalue weighted by Gasteiger charge is 2.27. The first kappa shape index (κ1) is 15.1. The zero-order valence-corrected chi connectivity index (χ0v) is 13.1. The fourth-order valence-electron chi connectivity index (χ4n) is 2.10. The number of nitrogens with zero attached hydrogens (tertiary/aromatic N) is 1. The Morgan fingerprint density at radius 3 is 2.90 bits per heavy atom. The van der Waals surface area contributed by atoms with E-state index in [0.717, 1.165) is 24.3 Å². The van der Waals surface area contributed by atoms with Gasteiger partial charge in [0.2, 0.25) is 0 Å². The lowest BCUT2D eigenvalue weighted by molar-refractivity contribution is 0.0953. The van der Waals surface area contributed by atoms with Gasteiger partial charge in [-0.15, -0.1) is 0 Å². The van der Waals surface area contributed by atoms with Crippen LogP contribution in [-0.2, 0) is 0 Å². The van der Waals surface area contributed by atoms with Gasteiger partial charge >= 0.3 is 0 Å². The summed E-state index contributed by atoms with van der Waals surface area (Å²) in [5.41, 5.74) is 6.35. The summed E-state index contributed by atoms with van der Waals surface area (Å²) in [6.07, 6.45) is 6.89. The van der Waals surface area contributed by atoms with E-state index in [1.54, 1.807) is 0 Å². The van der Waals surface area contributed by atoms with Gasteiger partial charge in [0, 0.05) is 12.1 Å². The van der Waals surface area contributed by atoms with E-state index >= 15 is 0 Å². The molecule has 2 rings (SSSR count). The molecule has 1 aromatic rings. The first-order valence-electron chi connectivity index (χ1n) is 7.44. The van der Waals surface area contributed by atoms with E-state index in [2.05, 4.69) is 28.9 Å². The SMILES string of the molecule is CCCCCC(C)Nc1snc(N)c1C(=O)NC1CC1. The van der Waals surface area contributed by atoms with E-state index in [9.17, 15) is 4.79 Å². The third kappa shape index (κ3) is 4.10. The van der Waals surface area contributed by atoms with Crippen LogP contribution in [-0.4, -0.2) is 22.4 Å². The monoisotopic (exact) mass is 296 g/mol. The van der Waals surface area contributed by atoms with E-state index in [1.165, 1.54) is 30.8 Å². The lowest BCUT2D eigenvalue weighted by atomic mass is 10.1. The molecule has 112 valence electrons. The van der Waals surface area contributed by atoms with Crippen molar-refractivity contribution in [1.82, 2.24) is 9.69 Å². The van der Waals surface area contributed by atoms with Crippen LogP contribution in [0.4, 0.5) is 10.8 Å². The van der Waals surface area contributed by atoms with Crippen molar-refractivity contribution >= 4 is 28.3 Å². The van der Waals surface area contributed by atoms with Crippen LogP contribution in [0.3, 0.4) is 0 Å². The minimum atomic E-state index is -0.0954. The van der Waals surface area contributed by atoms with Crippen molar-refractivity contribution in [1.29, 1.82) is 0 Å². The molecule has 0 radical (unpaired) electrons. The second-order valence-corrected chi connectivity index (χ2v) is 6.33. The third-order valence-corrected chi connectivity index (χ3v) is 4.27. The molecular weight excluding hydrogens is 272 g/mol. The molecule has 1 aliphatic carbocycles. The van der Waals surface area contributed by atoms with Crippen LogP contribution in [0.5, 0.6) is 0 Å². The van der Waals surface area contributed by atoms with Crippen LogP contribution in [0.25, 0.3) is 0 Å². The maximum Gasteiger partial charge on any atom is 0.258 e. The Bertz CT molecular complexity index is 456. The molecule has 4 N–H and O–H groups in total. The molecule has 1 aromatic heterocycles. The second-order valence-electron chi connectivity index (χ2n) is 5.56. The highest BCUT2D eigenvalue weighted by Crippen LogP contribution is 2.29. The number of anilines is 2. The summed E-state index contributed by atoms with van der Waals surface area (Å²) in [7, 11) is 0. The first-order chi connectivity index (χ1) is 9.61. The molecule has 1 fully saturated rings. The van der Waals surface area contributed by atoms with Gasteiger partial charge in [-0.05, 0) is 37.7 Å². The summed E-state index contributed by atoms with van der Waals surface area (Å²) in [6, 6.07) is 0.658. The van der Waals surface area contributed by atoms with Crippen LogP contribution in [0.15, 0.2) is 0 Å². The van der Waals surface area contributed by atoms with E-state index in [0.29, 0.717) is 23.5 Å².